The summed E-state index contributed by atoms with van der Waals surface area (Å²) >= 11 is 0. The Morgan fingerprint density at radius 3 is 1.86 bits per heavy atom. The van der Waals surface area contributed by atoms with Gasteiger partial charge in [0, 0.05) is 12.5 Å². The van der Waals surface area contributed by atoms with Crippen LogP contribution in [0.3, 0.4) is 0 Å². The van der Waals surface area contributed by atoms with E-state index >= 15 is 0 Å². The summed E-state index contributed by atoms with van der Waals surface area (Å²) in [6, 6.07) is 8.45. The van der Waals surface area contributed by atoms with Gasteiger partial charge in [-0.05, 0) is 23.4 Å². The summed E-state index contributed by atoms with van der Waals surface area (Å²) in [7, 11) is 4.08. The normalized spacial score (nSPS) is 15.3. The maximum atomic E-state index is 5.98. The molecule has 0 amide bonds. The smallest absolute Gasteiger partial charge is 0.204 e. The molecule has 123 valence electrons. The van der Waals surface area contributed by atoms with Crippen LogP contribution >= 0.6 is 0 Å². The van der Waals surface area contributed by atoms with Crippen molar-refractivity contribution in [2.45, 2.75) is 66.9 Å². The van der Waals surface area contributed by atoms with Gasteiger partial charge in [0.2, 0.25) is 6.29 Å². The van der Waals surface area contributed by atoms with Gasteiger partial charge < -0.3 is 9.47 Å². The van der Waals surface area contributed by atoms with Crippen LogP contribution in [0, 0.1) is 10.8 Å². The zero-order valence-electron chi connectivity index (χ0n) is 15.6. The second-order valence-corrected chi connectivity index (χ2v) is 8.11. The molecule has 0 aliphatic heterocycles. The first-order chi connectivity index (χ1) is 10.1. The number of rotatable bonds is 6. The van der Waals surface area contributed by atoms with Crippen LogP contribution in [0.2, 0.25) is 6.32 Å². The fraction of sp³-hybridized carbons (Fsp3) is 0.684. The highest BCUT2D eigenvalue weighted by atomic mass is 16.7. The number of benzene rings is 1. The Morgan fingerprint density at radius 1 is 0.955 bits per heavy atom. The average molecular weight is 303 g/mol. The van der Waals surface area contributed by atoms with Crippen molar-refractivity contribution in [2.24, 2.45) is 10.8 Å². The average Bonchev–Trinajstić information content (AvgIpc) is 2.40. The van der Waals surface area contributed by atoms with Gasteiger partial charge in [0.05, 0.1) is 0 Å². The fourth-order valence-electron chi connectivity index (χ4n) is 2.68. The van der Waals surface area contributed by atoms with E-state index in [2.05, 4.69) is 80.0 Å². The van der Waals surface area contributed by atoms with E-state index < -0.39 is 0 Å². The van der Waals surface area contributed by atoms with Crippen molar-refractivity contribution in [3.05, 3.63) is 29.8 Å². The van der Waals surface area contributed by atoms with Gasteiger partial charge in [-0.25, -0.2) is 0 Å². The van der Waals surface area contributed by atoms with E-state index in [1.165, 1.54) is 5.56 Å². The van der Waals surface area contributed by atoms with Gasteiger partial charge in [0.1, 0.15) is 13.0 Å². The van der Waals surface area contributed by atoms with E-state index in [0.29, 0.717) is 5.82 Å². The molecule has 1 radical (unpaired) electrons. The van der Waals surface area contributed by atoms with E-state index in [0.717, 1.165) is 12.1 Å². The number of hydrogen-bond donors (Lipinski definition) is 0. The fourth-order valence-corrected chi connectivity index (χ4v) is 2.68. The Balaban J connectivity index is 2.90. The molecule has 2 atom stereocenters. The molecule has 0 aliphatic carbocycles. The molecule has 1 aromatic carbocycles. The predicted octanol–water partition coefficient (Wildman–Crippen LogP) is 5.31. The topological polar surface area (TPSA) is 18.5 Å². The highest BCUT2D eigenvalue weighted by molar-refractivity contribution is 6.38. The van der Waals surface area contributed by atoms with Gasteiger partial charge in [-0.15, -0.1) is 0 Å². The molecule has 0 N–H and O–H groups in total. The molecular formula is C19H32BO2. The van der Waals surface area contributed by atoms with E-state index in [1.54, 1.807) is 7.11 Å². The van der Waals surface area contributed by atoms with Crippen molar-refractivity contribution in [1.29, 1.82) is 0 Å². The summed E-state index contributed by atoms with van der Waals surface area (Å²) in [5.41, 5.74) is 1.50. The van der Waals surface area contributed by atoms with Gasteiger partial charge in [-0.2, -0.15) is 0 Å². The summed E-state index contributed by atoms with van der Waals surface area (Å²) in [5, 5.41) is 0. The van der Waals surface area contributed by atoms with Crippen molar-refractivity contribution in [2.75, 3.05) is 7.11 Å². The Labute approximate surface area is 137 Å². The molecule has 0 bridgehead atoms. The molecular weight excluding hydrogens is 271 g/mol. The van der Waals surface area contributed by atoms with Crippen molar-refractivity contribution in [3.8, 4) is 5.75 Å². The van der Waals surface area contributed by atoms with E-state index in [9.17, 15) is 0 Å². The van der Waals surface area contributed by atoms with Gasteiger partial charge >= 0.3 is 0 Å². The molecule has 0 spiro atoms. The lowest BCUT2D eigenvalue weighted by molar-refractivity contribution is -0.120. The minimum atomic E-state index is -0.251. The number of ether oxygens (including phenoxy) is 2. The molecule has 2 nitrogen and oxygen atoms in total. The molecule has 0 fully saturated rings. The van der Waals surface area contributed by atoms with Crippen molar-refractivity contribution >= 4 is 7.28 Å². The molecule has 0 saturated heterocycles. The predicted molar refractivity (Wildman–Crippen MR) is 95.8 cm³/mol. The Kier molecular flexibility index (Phi) is 6.55. The minimum Gasteiger partial charge on any atom is -0.464 e. The molecule has 0 heterocycles. The summed E-state index contributed by atoms with van der Waals surface area (Å²) < 4.78 is 11.4. The highest BCUT2D eigenvalue weighted by Gasteiger charge is 2.27. The molecule has 2 unspecified atom stereocenters. The molecule has 1 aromatic rings. The zero-order valence-corrected chi connectivity index (χ0v) is 15.6. The van der Waals surface area contributed by atoms with E-state index in [1.807, 2.05) is 0 Å². The summed E-state index contributed by atoms with van der Waals surface area (Å²) in [6.45, 7) is 15.4. The number of methoxy groups -OCH3 is 1. The third-order valence-electron chi connectivity index (χ3n) is 3.81. The largest absolute Gasteiger partial charge is 0.464 e. The lowest BCUT2D eigenvalue weighted by Gasteiger charge is -2.32. The zero-order chi connectivity index (χ0) is 17.0. The first-order valence-electron chi connectivity index (χ1n) is 8.22. The quantitative estimate of drug-likeness (QED) is 0.523. The Morgan fingerprint density at radius 2 is 1.50 bits per heavy atom. The third-order valence-corrected chi connectivity index (χ3v) is 3.81. The first-order valence-corrected chi connectivity index (χ1v) is 8.22. The Hall–Kier alpha value is -0.955. The molecule has 1 rings (SSSR count). The third kappa shape index (κ3) is 5.35. The van der Waals surface area contributed by atoms with Crippen LogP contribution in [0.4, 0.5) is 0 Å². The SMILES string of the molecule is CC[B]C(c1ccc(OC(OC)C(C)(C)C)cc1)C(C)(C)C. The maximum Gasteiger partial charge on any atom is 0.204 e. The summed E-state index contributed by atoms with van der Waals surface area (Å²) in [5.74, 6) is 1.31. The monoisotopic (exact) mass is 303 g/mol. The first kappa shape index (κ1) is 19.1. The molecule has 22 heavy (non-hydrogen) atoms. The number of hydrogen-bond acceptors (Lipinski definition) is 2. The van der Waals surface area contributed by atoms with Gasteiger partial charge in [0.25, 0.3) is 0 Å². The maximum absolute atomic E-state index is 5.98. The van der Waals surface area contributed by atoms with Crippen LogP contribution in [0.1, 0.15) is 59.8 Å². The second-order valence-electron chi connectivity index (χ2n) is 8.11. The van der Waals surface area contributed by atoms with Crippen molar-refractivity contribution in [3.63, 3.8) is 0 Å². The van der Waals surface area contributed by atoms with Crippen LogP contribution in [0.25, 0.3) is 0 Å². The van der Waals surface area contributed by atoms with Gasteiger partial charge in [0.15, 0.2) is 0 Å². The van der Waals surface area contributed by atoms with Crippen LogP contribution < -0.4 is 4.74 Å². The second kappa shape index (κ2) is 7.54. The summed E-state index contributed by atoms with van der Waals surface area (Å²) in [4.78, 5) is 0. The molecule has 0 saturated carbocycles. The van der Waals surface area contributed by atoms with Crippen molar-refractivity contribution < 1.29 is 9.47 Å². The molecule has 0 aliphatic rings. The molecule has 0 aromatic heterocycles. The highest BCUT2D eigenvalue weighted by Crippen LogP contribution is 2.35. The van der Waals surface area contributed by atoms with Crippen molar-refractivity contribution in [1.82, 2.24) is 0 Å². The van der Waals surface area contributed by atoms with Gasteiger partial charge in [-0.3, -0.25) is 0 Å². The summed E-state index contributed by atoms with van der Waals surface area (Å²) in [6.07, 6.45) is 0.828. The lowest BCUT2D eigenvalue weighted by atomic mass is 9.51. The van der Waals surface area contributed by atoms with E-state index in [4.69, 9.17) is 9.47 Å². The van der Waals surface area contributed by atoms with Crippen LogP contribution in [0.5, 0.6) is 5.75 Å². The van der Waals surface area contributed by atoms with Gasteiger partial charge in [-0.1, -0.05) is 72.5 Å². The van der Waals surface area contributed by atoms with Crippen LogP contribution in [0.15, 0.2) is 24.3 Å². The standard InChI is InChI=1S/C19H32BO2/c1-9-20-16(18(2,3)4)14-10-12-15(13-11-14)22-17(21-8)19(5,6)7/h10-13,16-17H,9H2,1-8H3. The van der Waals surface area contributed by atoms with Crippen LogP contribution in [-0.2, 0) is 4.74 Å². The lowest BCUT2D eigenvalue weighted by Crippen LogP contribution is -2.33. The van der Waals surface area contributed by atoms with E-state index in [-0.39, 0.29) is 17.1 Å². The minimum absolute atomic E-state index is 0.0582. The Bertz CT molecular complexity index is 440. The van der Waals surface area contributed by atoms with Crippen LogP contribution in [-0.4, -0.2) is 20.7 Å². The molecule has 3 heteroatoms.